The van der Waals surface area contributed by atoms with Crippen LogP contribution in [0.2, 0.25) is 0 Å². The van der Waals surface area contributed by atoms with Crippen LogP contribution in [0.3, 0.4) is 0 Å². The van der Waals surface area contributed by atoms with Gasteiger partial charge in [-0.25, -0.2) is 0 Å². The van der Waals surface area contributed by atoms with Crippen molar-refractivity contribution in [3.63, 3.8) is 0 Å². The molecule has 168 valence electrons. The van der Waals surface area contributed by atoms with Gasteiger partial charge in [0.15, 0.2) is 0 Å². The van der Waals surface area contributed by atoms with Gasteiger partial charge in [-0.15, -0.1) is 0 Å². The van der Waals surface area contributed by atoms with Crippen LogP contribution in [0, 0.1) is 11.8 Å². The Hall–Kier alpha value is -2.92. The van der Waals surface area contributed by atoms with Crippen LogP contribution in [0.1, 0.15) is 31.2 Å². The number of benzene rings is 1. The number of hydrogen-bond acceptors (Lipinski definition) is 5. The summed E-state index contributed by atoms with van der Waals surface area (Å²) in [5.74, 6) is 2.09. The monoisotopic (exact) mass is 509 g/mol. The van der Waals surface area contributed by atoms with Gasteiger partial charge in [0, 0.05) is 0 Å². The number of aliphatic imine (C=N–C) groups is 2. The molecule has 4 heterocycles. The molecule has 34 heavy (non-hydrogen) atoms. The molecule has 1 fully saturated rings. The maximum absolute atomic E-state index is 5.94. The summed E-state index contributed by atoms with van der Waals surface area (Å²) in [7, 11) is 0. The van der Waals surface area contributed by atoms with Crippen LogP contribution in [-0.4, -0.2) is 49.0 Å². The first-order valence-corrected chi connectivity index (χ1v) is 12.7. The summed E-state index contributed by atoms with van der Waals surface area (Å²) in [6.07, 6.45) is 12.4. The van der Waals surface area contributed by atoms with Crippen molar-refractivity contribution in [1.29, 1.82) is 0 Å². The van der Waals surface area contributed by atoms with Crippen molar-refractivity contribution >= 4 is 40.0 Å². The van der Waals surface area contributed by atoms with Crippen LogP contribution in [0.4, 0.5) is 0 Å². The van der Waals surface area contributed by atoms with E-state index in [0.717, 1.165) is 58.8 Å². The fraction of sp³-hybridized carbons (Fsp3) is 0.259. The van der Waals surface area contributed by atoms with Crippen LogP contribution >= 0.6 is 0 Å². The number of amidine groups is 1. The van der Waals surface area contributed by atoms with Crippen molar-refractivity contribution < 1.29 is 3.40 Å². The van der Waals surface area contributed by atoms with E-state index in [1.165, 1.54) is 18.5 Å². The Labute approximate surface area is 208 Å². The van der Waals surface area contributed by atoms with E-state index in [1.807, 2.05) is 36.7 Å². The molecule has 2 radical (unpaired) electrons. The van der Waals surface area contributed by atoms with Gasteiger partial charge in [0.05, 0.1) is 0 Å². The van der Waals surface area contributed by atoms with Crippen LogP contribution in [0.25, 0.3) is 22.3 Å². The number of nitrogens with zero attached hydrogens (tertiary/aromatic N) is 5. The van der Waals surface area contributed by atoms with Gasteiger partial charge in [-0.05, 0) is 0 Å². The molecule has 1 aliphatic carbocycles. The summed E-state index contributed by atoms with van der Waals surface area (Å²) in [4.78, 5) is 19.1. The number of aromatic nitrogens is 2. The first-order valence-electron chi connectivity index (χ1n) is 11.8. The van der Waals surface area contributed by atoms with E-state index in [9.17, 15) is 0 Å². The summed E-state index contributed by atoms with van der Waals surface area (Å²) >= 11 is 2.80. The van der Waals surface area contributed by atoms with Crippen LogP contribution < -0.4 is 5.73 Å². The van der Waals surface area contributed by atoms with Crippen LogP contribution in [0.5, 0.6) is 0 Å². The SMILES string of the molecule is NCC1CCC(C2=C3C=NC=C[N+]3([As])C(c3ccc4ccc(-c5ccccn5)nc4c3)=N2)CC1. The molecule has 1 atom stereocenters. The van der Waals surface area contributed by atoms with E-state index in [2.05, 4.69) is 57.5 Å². The fourth-order valence-corrected chi connectivity index (χ4v) is 6.02. The second-order valence-corrected chi connectivity index (χ2v) is 10.6. The molecule has 2 aliphatic heterocycles. The van der Waals surface area contributed by atoms with Crippen molar-refractivity contribution in [3.8, 4) is 11.4 Å². The number of allylic oxidation sites excluding steroid dienone is 2. The third-order valence-corrected chi connectivity index (χ3v) is 8.32. The topological polar surface area (TPSA) is 76.5 Å². The predicted octanol–water partition coefficient (Wildman–Crippen LogP) is 4.49. The molecule has 1 saturated carbocycles. The number of fused-ring (bicyclic) bond motifs is 2. The Morgan fingerprint density at radius 2 is 1.85 bits per heavy atom. The summed E-state index contributed by atoms with van der Waals surface area (Å²) < 4.78 is 0.480. The summed E-state index contributed by atoms with van der Waals surface area (Å²) in [5.41, 5.74) is 12.0. The van der Waals surface area contributed by atoms with Crippen LogP contribution in [-0.2, 0) is 0 Å². The molecule has 2 aromatic heterocycles. The van der Waals surface area contributed by atoms with Crippen molar-refractivity contribution in [3.05, 3.63) is 84.1 Å². The molecule has 0 bridgehead atoms. The molecule has 3 aliphatic rings. The van der Waals surface area contributed by atoms with Gasteiger partial charge < -0.3 is 0 Å². The number of nitrogens with two attached hydrogens (primary N) is 1. The van der Waals surface area contributed by atoms with E-state index in [0.29, 0.717) is 15.2 Å². The average Bonchev–Trinajstić information content (AvgIpc) is 3.21. The maximum atomic E-state index is 5.94. The molecular formula is C27H26AsN6+. The summed E-state index contributed by atoms with van der Waals surface area (Å²) in [6, 6.07) is 16.5. The van der Waals surface area contributed by atoms with Gasteiger partial charge in [-0.3, -0.25) is 0 Å². The molecule has 6 nitrogen and oxygen atoms in total. The van der Waals surface area contributed by atoms with E-state index < -0.39 is 0 Å². The van der Waals surface area contributed by atoms with Gasteiger partial charge >= 0.3 is 209 Å². The standard InChI is InChI=1S/C27H26AsN6/c28-34-14-13-30-17-25(34)26(20-6-4-18(16-29)5-7-20)33-27(34)21-9-8-19-10-11-23(32-24(19)15-21)22-3-1-2-12-31-22/h1-3,8-15,17-18,20H,4-7,16,29H2/q+1. The Morgan fingerprint density at radius 1 is 1.00 bits per heavy atom. The third-order valence-electron chi connectivity index (χ3n) is 7.19. The van der Waals surface area contributed by atoms with Gasteiger partial charge in [-0.2, -0.15) is 0 Å². The zero-order valence-electron chi connectivity index (χ0n) is 18.9. The van der Waals surface area contributed by atoms with Crippen molar-refractivity contribution in [2.75, 3.05) is 6.54 Å². The molecule has 6 rings (SSSR count). The Bertz CT molecular complexity index is 1370. The van der Waals surface area contributed by atoms with Gasteiger partial charge in [0.2, 0.25) is 0 Å². The molecule has 1 unspecified atom stereocenters. The molecular weight excluding hydrogens is 483 g/mol. The number of hydrogen-bond donors (Lipinski definition) is 1. The quantitative estimate of drug-likeness (QED) is 0.527. The zero-order chi connectivity index (χ0) is 23.1. The first-order chi connectivity index (χ1) is 16.7. The first kappa shape index (κ1) is 21.6. The number of rotatable bonds is 4. The van der Waals surface area contributed by atoms with Gasteiger partial charge in [0.25, 0.3) is 0 Å². The minimum atomic E-state index is 0.448. The molecule has 3 aromatic rings. The van der Waals surface area contributed by atoms with E-state index in [4.69, 9.17) is 15.7 Å². The van der Waals surface area contributed by atoms with Crippen molar-refractivity contribution in [1.82, 2.24) is 9.97 Å². The van der Waals surface area contributed by atoms with E-state index in [-0.39, 0.29) is 0 Å². The molecule has 7 heteroatoms. The zero-order valence-corrected chi connectivity index (χ0v) is 20.8. The Morgan fingerprint density at radius 3 is 2.65 bits per heavy atom. The minimum absolute atomic E-state index is 0.448. The van der Waals surface area contributed by atoms with E-state index >= 15 is 0 Å². The van der Waals surface area contributed by atoms with Crippen molar-refractivity contribution in [2.24, 2.45) is 27.6 Å². The fourth-order valence-electron chi connectivity index (χ4n) is 5.24. The number of quaternary nitrogens is 1. The number of pyridine rings is 2. The normalized spacial score (nSPS) is 26.1. The summed E-state index contributed by atoms with van der Waals surface area (Å²) in [5, 5.41) is 1.10. The Kier molecular flexibility index (Phi) is 5.53. The third kappa shape index (κ3) is 3.67. The molecule has 0 amide bonds. The summed E-state index contributed by atoms with van der Waals surface area (Å²) in [6.45, 7) is 0.784. The van der Waals surface area contributed by atoms with Crippen LogP contribution in [0.15, 0.2) is 88.5 Å². The molecule has 0 saturated heterocycles. The second-order valence-electron chi connectivity index (χ2n) is 9.24. The molecule has 2 N–H and O–H groups in total. The van der Waals surface area contributed by atoms with Crippen molar-refractivity contribution in [2.45, 2.75) is 25.7 Å². The van der Waals surface area contributed by atoms with Gasteiger partial charge in [0.1, 0.15) is 0 Å². The molecule has 0 spiro atoms. The predicted molar refractivity (Wildman–Crippen MR) is 137 cm³/mol. The van der Waals surface area contributed by atoms with Gasteiger partial charge in [-0.1, -0.05) is 0 Å². The average molecular weight is 509 g/mol. The Balaban J connectivity index is 1.40. The molecule has 1 aromatic carbocycles. The second kappa shape index (κ2) is 8.70. The van der Waals surface area contributed by atoms with E-state index in [1.54, 1.807) is 6.20 Å².